The maximum Gasteiger partial charge on any atom is 0.171 e. The van der Waals surface area contributed by atoms with E-state index >= 15 is 0 Å². The van der Waals surface area contributed by atoms with Crippen LogP contribution in [0.25, 0.3) is 0 Å². The van der Waals surface area contributed by atoms with Crippen LogP contribution in [0.5, 0.6) is 0 Å². The first kappa shape index (κ1) is 20.4. The van der Waals surface area contributed by atoms with E-state index in [0.717, 1.165) is 47.3 Å². The summed E-state index contributed by atoms with van der Waals surface area (Å²) < 4.78 is 3.95. The molecule has 0 radical (unpaired) electrons. The number of hydrogen-bond donors (Lipinski definition) is 2. The molecule has 28 heavy (non-hydrogen) atoms. The Hall–Kier alpha value is -2.38. The Bertz CT molecular complexity index is 962. The molecule has 0 saturated carbocycles. The fourth-order valence-electron chi connectivity index (χ4n) is 3.03. The van der Waals surface area contributed by atoms with Crippen molar-refractivity contribution in [3.8, 4) is 0 Å². The van der Waals surface area contributed by atoms with Gasteiger partial charge in [0.2, 0.25) is 0 Å². The highest BCUT2D eigenvalue weighted by molar-refractivity contribution is 7.80. The average molecular weight is 417 g/mol. The molecule has 2 N–H and O–H groups in total. The van der Waals surface area contributed by atoms with Gasteiger partial charge in [0, 0.05) is 35.6 Å². The molecule has 0 aliphatic rings. The second kappa shape index (κ2) is 9.21. The van der Waals surface area contributed by atoms with E-state index in [4.69, 9.17) is 23.8 Å². The first-order chi connectivity index (χ1) is 13.4. The van der Waals surface area contributed by atoms with Gasteiger partial charge in [0.05, 0.1) is 12.2 Å². The number of hydrogen-bond acceptors (Lipinski definition) is 3. The minimum absolute atomic E-state index is 0.570. The summed E-state index contributed by atoms with van der Waals surface area (Å²) in [5.74, 6) is 0.732. The average Bonchev–Trinajstić information content (AvgIpc) is 3.12. The summed E-state index contributed by atoms with van der Waals surface area (Å²) in [7, 11) is 0. The minimum Gasteiger partial charge on any atom is -0.362 e. The number of benzene rings is 1. The predicted molar refractivity (Wildman–Crippen MR) is 118 cm³/mol. The molecule has 3 aromatic rings. The number of nitrogens with one attached hydrogen (secondary N) is 2. The van der Waals surface area contributed by atoms with Crippen LogP contribution < -0.4 is 10.6 Å². The van der Waals surface area contributed by atoms with Crippen molar-refractivity contribution in [1.82, 2.24) is 24.9 Å². The smallest absolute Gasteiger partial charge is 0.171 e. The van der Waals surface area contributed by atoms with E-state index in [1.165, 1.54) is 5.69 Å². The lowest BCUT2D eigenvalue weighted by Crippen LogP contribution is -2.30. The number of halogens is 1. The Morgan fingerprint density at radius 1 is 1.07 bits per heavy atom. The van der Waals surface area contributed by atoms with Crippen molar-refractivity contribution >= 4 is 34.7 Å². The Morgan fingerprint density at radius 3 is 2.57 bits per heavy atom. The van der Waals surface area contributed by atoms with Crippen LogP contribution in [0.4, 0.5) is 5.82 Å². The van der Waals surface area contributed by atoms with Crippen LogP contribution in [0.15, 0.2) is 36.4 Å². The van der Waals surface area contributed by atoms with Gasteiger partial charge in [-0.15, -0.1) is 0 Å². The van der Waals surface area contributed by atoms with E-state index in [9.17, 15) is 0 Å². The van der Waals surface area contributed by atoms with Crippen LogP contribution >= 0.6 is 23.8 Å². The first-order valence-electron chi connectivity index (χ1n) is 9.25. The summed E-state index contributed by atoms with van der Waals surface area (Å²) in [6, 6.07) is 11.9. The van der Waals surface area contributed by atoms with Gasteiger partial charge >= 0.3 is 0 Å². The van der Waals surface area contributed by atoms with Gasteiger partial charge < -0.3 is 10.6 Å². The maximum absolute atomic E-state index is 6.06. The molecule has 0 amide bonds. The highest BCUT2D eigenvalue weighted by atomic mass is 35.5. The lowest BCUT2D eigenvalue weighted by molar-refractivity contribution is 0.558. The summed E-state index contributed by atoms with van der Waals surface area (Å²) >= 11 is 11.4. The van der Waals surface area contributed by atoms with E-state index in [0.29, 0.717) is 11.7 Å². The molecule has 2 heterocycles. The van der Waals surface area contributed by atoms with Crippen LogP contribution in [0, 0.1) is 20.8 Å². The Labute approximate surface area is 175 Å². The third kappa shape index (κ3) is 5.56. The van der Waals surface area contributed by atoms with Crippen LogP contribution in [-0.2, 0) is 13.1 Å². The second-order valence-corrected chi connectivity index (χ2v) is 7.69. The van der Waals surface area contributed by atoms with Crippen LogP contribution in [-0.4, -0.2) is 31.2 Å². The number of anilines is 1. The first-order valence-corrected chi connectivity index (χ1v) is 10.0. The van der Waals surface area contributed by atoms with Crippen molar-refractivity contribution in [3.05, 3.63) is 64.1 Å². The molecule has 0 saturated heterocycles. The number of thiocarbonyl (C=S) groups is 1. The highest BCUT2D eigenvalue weighted by Gasteiger charge is 2.07. The van der Waals surface area contributed by atoms with Gasteiger partial charge in [0.15, 0.2) is 10.9 Å². The molecule has 0 fully saturated rings. The zero-order valence-corrected chi connectivity index (χ0v) is 17.9. The highest BCUT2D eigenvalue weighted by Crippen LogP contribution is 2.14. The zero-order chi connectivity index (χ0) is 20.1. The van der Waals surface area contributed by atoms with Crippen molar-refractivity contribution in [2.75, 3.05) is 11.9 Å². The molecule has 3 rings (SSSR count). The quantitative estimate of drug-likeness (QED) is 0.449. The number of rotatable bonds is 7. The van der Waals surface area contributed by atoms with Crippen LogP contribution in [0.2, 0.25) is 5.02 Å². The van der Waals surface area contributed by atoms with Crippen molar-refractivity contribution in [3.63, 3.8) is 0 Å². The number of aromatic nitrogens is 4. The zero-order valence-electron chi connectivity index (χ0n) is 16.4. The summed E-state index contributed by atoms with van der Waals surface area (Å²) in [6.45, 7) is 8.40. The van der Waals surface area contributed by atoms with E-state index in [2.05, 4.69) is 33.8 Å². The van der Waals surface area contributed by atoms with Gasteiger partial charge in [-0.1, -0.05) is 23.7 Å². The number of aryl methyl sites for hydroxylation is 4. The third-order valence-corrected chi connectivity index (χ3v) is 4.86. The second-order valence-electron chi connectivity index (χ2n) is 6.84. The van der Waals surface area contributed by atoms with Crippen LogP contribution in [0.1, 0.15) is 29.1 Å². The Kier molecular flexibility index (Phi) is 6.70. The van der Waals surface area contributed by atoms with Gasteiger partial charge in [-0.25, -0.2) is 0 Å². The van der Waals surface area contributed by atoms with E-state index in [-0.39, 0.29) is 0 Å². The van der Waals surface area contributed by atoms with Crippen molar-refractivity contribution in [1.29, 1.82) is 0 Å². The van der Waals surface area contributed by atoms with E-state index in [1.807, 2.05) is 53.5 Å². The minimum atomic E-state index is 0.570. The molecule has 8 heteroatoms. The molecule has 0 spiro atoms. The molecule has 0 atom stereocenters. The molecular weight excluding hydrogens is 392 g/mol. The topological polar surface area (TPSA) is 59.7 Å². The van der Waals surface area contributed by atoms with Crippen molar-refractivity contribution < 1.29 is 0 Å². The van der Waals surface area contributed by atoms with Crippen LogP contribution in [0.3, 0.4) is 0 Å². The van der Waals surface area contributed by atoms with Gasteiger partial charge in [-0.05, 0) is 63.2 Å². The molecule has 0 bridgehead atoms. The summed E-state index contributed by atoms with van der Waals surface area (Å²) in [4.78, 5) is 0. The molecule has 6 nitrogen and oxygen atoms in total. The lowest BCUT2D eigenvalue weighted by Gasteiger charge is -2.09. The SMILES string of the molecule is Cc1cc(C)n(CCCNC(=S)Nc2cc(C)n(Cc3cccc(Cl)c3)n2)n1. The maximum atomic E-state index is 6.06. The van der Waals surface area contributed by atoms with E-state index < -0.39 is 0 Å². The molecule has 0 unspecified atom stereocenters. The summed E-state index contributed by atoms with van der Waals surface area (Å²) in [6.07, 6.45) is 0.937. The van der Waals surface area contributed by atoms with Crippen molar-refractivity contribution in [2.24, 2.45) is 0 Å². The van der Waals surface area contributed by atoms with Gasteiger partial charge in [0.25, 0.3) is 0 Å². The predicted octanol–water partition coefficient (Wildman–Crippen LogP) is 4.08. The van der Waals surface area contributed by atoms with Gasteiger partial charge in [-0.3, -0.25) is 9.36 Å². The molecule has 2 aromatic heterocycles. The van der Waals surface area contributed by atoms with Crippen molar-refractivity contribution in [2.45, 2.75) is 40.3 Å². The Balaban J connectivity index is 1.47. The monoisotopic (exact) mass is 416 g/mol. The fraction of sp³-hybridized carbons (Fsp3) is 0.350. The standard InChI is InChI=1S/C20H25ClN6S/c1-14-10-15(2)26(24-14)9-5-8-22-20(28)23-19-11-16(3)27(25-19)13-17-6-4-7-18(21)12-17/h4,6-7,10-12H,5,8-9,13H2,1-3H3,(H2,22,23,25,28). The van der Waals surface area contributed by atoms with Gasteiger partial charge in [0.1, 0.15) is 0 Å². The molecule has 0 aliphatic carbocycles. The summed E-state index contributed by atoms with van der Waals surface area (Å²) in [5, 5.41) is 16.7. The lowest BCUT2D eigenvalue weighted by atomic mass is 10.2. The normalized spacial score (nSPS) is 10.9. The van der Waals surface area contributed by atoms with Gasteiger partial charge in [-0.2, -0.15) is 10.2 Å². The molecule has 1 aromatic carbocycles. The Morgan fingerprint density at radius 2 is 1.86 bits per heavy atom. The largest absolute Gasteiger partial charge is 0.362 e. The molecular formula is C20H25ClN6S. The molecule has 0 aliphatic heterocycles. The summed E-state index contributed by atoms with van der Waals surface area (Å²) in [5.41, 5.74) is 4.38. The fourth-order valence-corrected chi connectivity index (χ4v) is 3.45. The van der Waals surface area contributed by atoms with E-state index in [1.54, 1.807) is 0 Å². The third-order valence-electron chi connectivity index (χ3n) is 4.38. The molecule has 148 valence electrons. The number of nitrogens with zero attached hydrogens (tertiary/aromatic N) is 4.